The molecule has 8 aromatic rings. The summed E-state index contributed by atoms with van der Waals surface area (Å²) in [5.74, 6) is 1.30. The molecule has 0 fully saturated rings. The van der Waals surface area contributed by atoms with Gasteiger partial charge < -0.3 is 10.0 Å². The molecule has 0 unspecified atom stereocenters. The number of benzene rings is 8. The topological polar surface area (TPSA) is 0 Å². The molecule has 8 aromatic carbocycles. The zero-order valence-corrected chi connectivity index (χ0v) is 115. The van der Waals surface area contributed by atoms with Crippen molar-refractivity contribution >= 4 is 381 Å². The van der Waals surface area contributed by atoms with Gasteiger partial charge in [-0.05, 0) is 207 Å². The fraction of sp³-hybridized carbons (Fsp3) is 0.472. The monoisotopic (exact) mass is 3070 g/mol. The molecule has 134 heavy (non-hydrogen) atoms. The minimum atomic E-state index is -2.51. The van der Waals surface area contributed by atoms with E-state index in [1.165, 1.54) is 296 Å². The van der Waals surface area contributed by atoms with E-state index in [2.05, 4.69) is 509 Å². The smallest absolute Gasteiger partial charge is 0.167 e. The van der Waals surface area contributed by atoms with Crippen molar-refractivity contribution in [2.24, 2.45) is 0 Å². The van der Waals surface area contributed by atoms with Crippen LogP contribution in [0.2, 0.25) is 121 Å². The molecule has 10 rings (SSSR count). The van der Waals surface area contributed by atoms with Crippen molar-refractivity contribution in [3.63, 3.8) is 0 Å². The second-order valence-electron chi connectivity index (χ2n) is 35.6. The second kappa shape index (κ2) is 78.0. The molecule has 0 spiro atoms. The van der Waals surface area contributed by atoms with Gasteiger partial charge in [-0.2, -0.15) is 24.4 Å². The zero-order valence-electron chi connectivity index (χ0n) is 80.0. The van der Waals surface area contributed by atoms with Crippen molar-refractivity contribution in [3.05, 3.63) is 287 Å². The normalized spacial score (nSPS) is 13.8. The van der Waals surface area contributed by atoms with E-state index >= 15 is 0 Å². The molecule has 28 heteroatoms. The van der Waals surface area contributed by atoms with Crippen LogP contribution in [0.25, 0.3) is 43.1 Å². The van der Waals surface area contributed by atoms with Gasteiger partial charge >= 0.3 is 50.5 Å². The van der Waals surface area contributed by atoms with Gasteiger partial charge in [-0.3, -0.25) is 16.0 Å². The first kappa shape index (κ1) is 126. The van der Waals surface area contributed by atoms with Gasteiger partial charge in [-0.15, -0.1) is 1.12 Å². The average Bonchev–Trinajstić information content (AvgIpc) is 1.55. The van der Waals surface area contributed by atoms with E-state index in [-0.39, 0.29) is 0 Å². The first-order chi connectivity index (χ1) is 66.0. The number of thioether (sulfide) groups is 1. The first-order valence-electron chi connectivity index (χ1n) is 48.5. The van der Waals surface area contributed by atoms with Crippen LogP contribution >= 0.6 is 260 Å². The van der Waals surface area contributed by atoms with Gasteiger partial charge in [0.1, 0.15) is 16.1 Å². The van der Waals surface area contributed by atoms with Crippen LogP contribution in [0, 0.1) is 0 Å². The molecule has 0 aromatic heterocycles. The Hall–Kier alpha value is 3.73. The average molecular weight is 3080 g/mol. The summed E-state index contributed by atoms with van der Waals surface area (Å²) in [6.07, 6.45) is 25.2. The van der Waals surface area contributed by atoms with E-state index in [9.17, 15) is 0 Å². The predicted octanol–water partition coefficient (Wildman–Crippen LogP) is 39.0. The minimum absolute atomic E-state index is 0.500. The van der Waals surface area contributed by atoms with Crippen LogP contribution in [0.1, 0.15) is 147 Å². The zero-order chi connectivity index (χ0) is 98.2. The fourth-order valence-corrected chi connectivity index (χ4v) is 65.8. The van der Waals surface area contributed by atoms with Crippen molar-refractivity contribution < 1.29 is 13.3 Å². The van der Waals surface area contributed by atoms with Gasteiger partial charge in [-0.25, -0.2) is 0 Å². The van der Waals surface area contributed by atoms with Crippen LogP contribution in [-0.4, -0.2) is 134 Å². The number of hydrogen-bond donors (Lipinski definition) is 1. The summed E-state index contributed by atoms with van der Waals surface area (Å²) in [6, 6.07) is 122. The molecular weight excluding hydrogens is 2930 g/mol. The van der Waals surface area contributed by atoms with Gasteiger partial charge in [0.25, 0.3) is 0 Å². The second-order valence-corrected chi connectivity index (χ2v) is 93.4. The number of rotatable bonds is 61. The molecular formula is C106H146BBr11I3P3S4Si6-2. The van der Waals surface area contributed by atoms with Crippen LogP contribution in [0.3, 0.4) is 0 Å². The summed E-state index contributed by atoms with van der Waals surface area (Å²) in [5.41, 5.74) is 17.3. The number of hydrogen-bond acceptors (Lipinski definition) is 4. The van der Waals surface area contributed by atoms with Crippen LogP contribution in [0.4, 0.5) is 0 Å². The van der Waals surface area contributed by atoms with Crippen LogP contribution in [0.15, 0.2) is 243 Å². The van der Waals surface area contributed by atoms with E-state index in [4.69, 9.17) is 1.12 Å². The molecule has 0 amide bonds. The van der Waals surface area contributed by atoms with Crippen molar-refractivity contribution in [3.8, 4) is 0 Å². The van der Waals surface area contributed by atoms with E-state index < -0.39 is 58.5 Å². The molecule has 0 atom stereocenters. The third-order valence-corrected chi connectivity index (χ3v) is 67.8. The Morgan fingerprint density at radius 1 is 0.306 bits per heavy atom. The van der Waals surface area contributed by atoms with Gasteiger partial charge in [0.2, 0.25) is 0 Å². The van der Waals surface area contributed by atoms with Crippen molar-refractivity contribution in [2.45, 2.75) is 224 Å². The van der Waals surface area contributed by atoms with Crippen molar-refractivity contribution in [1.82, 2.24) is 0 Å². The molecule has 2 radical (unpaired) electrons. The maximum absolute atomic E-state index is 6.44. The quantitative estimate of drug-likeness (QED) is 0.00767. The largest absolute Gasteiger partial charge is 0.443 e. The Morgan fingerprint density at radius 3 is 0.567 bits per heavy atom. The van der Waals surface area contributed by atoms with Gasteiger partial charge in [-0.1, -0.05) is 559 Å². The van der Waals surface area contributed by atoms with Gasteiger partial charge in [0.05, 0.1) is 32.3 Å². The standard InChI is InChI=1S/C53H71Br5SSi3.C52H68Br6Si3.CH4S.BPS.I3.H3P2S/c1-59-35-19-41-61(39-17-33-57,40-18-34-58)43-21-45-62(44-20-42-60(36-14-30-54,37-15-31-55)38-16-32-56)52(48-26-10-4-11-27-48)50(46-22-6-2-7-23-46)51(47-24-8-3-9-25-47)53(62)49-28-12-5-13-29-49;53-29-13-35-59(36-14-30-54,37-15-31-55)41-19-43-61(44-20-42-60(38-16-32-56,39-17-33-57)40-18-34-58)51(47-25-9-3-10-26-47)49(45-21-5-1-6-22-45)50(46-23-7-2-8-24-46)52(61)48-27-11-4-12-28-48;1-2;1-2-3;2*1-3-2/h2-13,22-29H,14-21,30-45H2,1H3;1-12,21-28H,13-20,29-44H2;2H,1H3;;;1-3H/q;;;;2*-1/i;;;;;3T. The molecule has 0 aliphatic carbocycles. The summed E-state index contributed by atoms with van der Waals surface area (Å²) >= 11 is 57.7. The van der Waals surface area contributed by atoms with E-state index in [0.717, 1.165) is 58.6 Å². The third kappa shape index (κ3) is 42.5. The third-order valence-electron chi connectivity index (χ3n) is 27.5. The summed E-state index contributed by atoms with van der Waals surface area (Å²) in [7, 11) is -0.697. The molecule has 2 aliphatic rings. The molecule has 0 bridgehead atoms. The maximum Gasteiger partial charge on any atom is 0.167 e. The fourth-order valence-electron chi connectivity index (χ4n) is 22.1. The number of thiol groups is 2. The van der Waals surface area contributed by atoms with Gasteiger partial charge in [0.15, 0.2) is 7.57 Å². The molecule has 0 N–H and O–H groups in total. The Bertz CT molecular complexity index is 4370. The molecule has 2 heterocycles. The van der Waals surface area contributed by atoms with Crippen molar-refractivity contribution in [2.75, 3.05) is 76.9 Å². The Labute approximate surface area is 968 Å². The molecule has 0 saturated heterocycles. The predicted molar refractivity (Wildman–Crippen MR) is 702 cm³/mol. The summed E-state index contributed by atoms with van der Waals surface area (Å²) in [4.78, 5) is 0. The number of allylic oxidation sites excluding steroid dienone is 4. The maximum atomic E-state index is 6.44. The van der Waals surface area contributed by atoms with E-state index in [1.807, 2.05) is 11.8 Å². The molecule has 0 saturated carbocycles. The van der Waals surface area contributed by atoms with E-state index in [0.29, 0.717) is 20.5 Å². The van der Waals surface area contributed by atoms with Crippen LogP contribution in [-0.2, 0) is 21.8 Å². The SMILES string of the molecule is BrCCC[Si](CCCBr)(CCCBr)CCC[Si]1(CCC[Si](CCCBr)(CCCBr)CCCBr)C(c2ccccc2)=C(c2ccccc2)C(c2ccccc2)=C1c1ccccc1.CS.CSCCC[Si](CCCBr)(CCCBr)CCC[Si]1(CCC[Si](CCCBr)(CCCBr)CCCBr)C(c2ccccc2)=C(c2ccccc2)C(c2ccccc2)=C1c1ccccc1.I[I-]I.[3H][S-](=P)=P.[B]P=S. The van der Waals surface area contributed by atoms with Crippen LogP contribution < -0.4 is 13.3 Å². The Balaban J connectivity index is 0.000000427. The summed E-state index contributed by atoms with van der Waals surface area (Å²) in [5, 5.41) is 19.2. The molecule has 736 valence electrons. The van der Waals surface area contributed by atoms with Crippen LogP contribution in [0.5, 0.6) is 0 Å². The molecule has 0 nitrogen and oxygen atoms in total. The number of halogens is 14. The number of alkyl halides is 11. The summed E-state index contributed by atoms with van der Waals surface area (Å²) in [6.45, 7) is 0. The van der Waals surface area contributed by atoms with E-state index in [1.54, 1.807) is 27.0 Å². The van der Waals surface area contributed by atoms with Gasteiger partial charge in [0, 0.05) is 58.6 Å². The molecule has 2 aliphatic heterocycles. The van der Waals surface area contributed by atoms with Crippen molar-refractivity contribution in [1.29, 1.82) is 1.12 Å². The Morgan fingerprint density at radius 2 is 0.433 bits per heavy atom. The summed E-state index contributed by atoms with van der Waals surface area (Å²) < 4.78 is 6.44. The Kier molecular flexibility index (Phi) is 73.5. The first-order valence-corrected chi connectivity index (χ1v) is 96.7. The minimum Gasteiger partial charge on any atom is -0.443 e.